The SMILES string of the molecule is Nc1nc2ccccc2nc1NC1CNC(=O)C1. The molecule has 6 heteroatoms. The van der Waals surface area contributed by atoms with Gasteiger partial charge in [0.15, 0.2) is 11.6 Å². The van der Waals surface area contributed by atoms with Crippen LogP contribution in [-0.2, 0) is 4.79 Å². The fourth-order valence-electron chi connectivity index (χ4n) is 2.02. The van der Waals surface area contributed by atoms with Crippen molar-refractivity contribution in [2.75, 3.05) is 17.6 Å². The highest BCUT2D eigenvalue weighted by atomic mass is 16.1. The lowest BCUT2D eigenvalue weighted by molar-refractivity contribution is -0.119. The van der Waals surface area contributed by atoms with Crippen LogP contribution in [0.3, 0.4) is 0 Å². The smallest absolute Gasteiger partial charge is 0.222 e. The lowest BCUT2D eigenvalue weighted by Gasteiger charge is -2.13. The highest BCUT2D eigenvalue weighted by Gasteiger charge is 2.22. The maximum absolute atomic E-state index is 11.1. The number of para-hydroxylation sites is 2. The summed E-state index contributed by atoms with van der Waals surface area (Å²) in [5, 5.41) is 5.91. The van der Waals surface area contributed by atoms with Crippen molar-refractivity contribution in [3.05, 3.63) is 24.3 Å². The van der Waals surface area contributed by atoms with Crippen molar-refractivity contribution in [2.45, 2.75) is 12.5 Å². The summed E-state index contributed by atoms with van der Waals surface area (Å²) in [5.74, 6) is 0.933. The minimum atomic E-state index is 0.0234. The summed E-state index contributed by atoms with van der Waals surface area (Å²) in [5.41, 5.74) is 7.41. The molecule has 1 aliphatic rings. The Bertz CT molecular complexity index is 612. The molecule has 92 valence electrons. The molecular weight excluding hydrogens is 230 g/mol. The normalized spacial score (nSPS) is 18.9. The van der Waals surface area contributed by atoms with Crippen LogP contribution in [0, 0.1) is 0 Å². The maximum Gasteiger partial charge on any atom is 0.222 e. The number of hydrogen-bond acceptors (Lipinski definition) is 5. The third-order valence-electron chi connectivity index (χ3n) is 2.92. The molecule has 0 radical (unpaired) electrons. The Balaban J connectivity index is 1.91. The third kappa shape index (κ3) is 1.92. The van der Waals surface area contributed by atoms with Gasteiger partial charge in [-0.3, -0.25) is 4.79 Å². The van der Waals surface area contributed by atoms with Crippen LogP contribution in [0.15, 0.2) is 24.3 Å². The van der Waals surface area contributed by atoms with Gasteiger partial charge in [0.1, 0.15) is 0 Å². The van der Waals surface area contributed by atoms with Crippen LogP contribution < -0.4 is 16.4 Å². The molecule has 4 N–H and O–H groups in total. The van der Waals surface area contributed by atoms with Gasteiger partial charge in [-0.15, -0.1) is 0 Å². The summed E-state index contributed by atoms with van der Waals surface area (Å²) >= 11 is 0. The summed E-state index contributed by atoms with van der Waals surface area (Å²) in [6.07, 6.45) is 0.438. The van der Waals surface area contributed by atoms with E-state index in [0.717, 1.165) is 11.0 Å². The van der Waals surface area contributed by atoms with Crippen LogP contribution in [0.25, 0.3) is 11.0 Å². The molecule has 1 fully saturated rings. The van der Waals surface area contributed by atoms with Crippen molar-refractivity contribution in [1.29, 1.82) is 0 Å². The van der Waals surface area contributed by atoms with E-state index in [-0.39, 0.29) is 11.9 Å². The Morgan fingerprint density at radius 1 is 1.28 bits per heavy atom. The Hall–Kier alpha value is -2.37. The highest BCUT2D eigenvalue weighted by Crippen LogP contribution is 2.20. The number of nitrogen functional groups attached to an aromatic ring is 1. The first-order valence-electron chi connectivity index (χ1n) is 5.78. The van der Waals surface area contributed by atoms with Gasteiger partial charge in [-0.2, -0.15) is 0 Å². The lowest BCUT2D eigenvalue weighted by atomic mass is 10.2. The number of aromatic nitrogens is 2. The van der Waals surface area contributed by atoms with Crippen LogP contribution in [-0.4, -0.2) is 28.5 Å². The van der Waals surface area contributed by atoms with Crippen LogP contribution in [0.2, 0.25) is 0 Å². The number of benzene rings is 1. The predicted molar refractivity (Wildman–Crippen MR) is 69.0 cm³/mol. The van der Waals surface area contributed by atoms with Gasteiger partial charge < -0.3 is 16.4 Å². The molecule has 1 saturated heterocycles. The van der Waals surface area contributed by atoms with E-state index in [1.165, 1.54) is 0 Å². The van der Waals surface area contributed by atoms with E-state index >= 15 is 0 Å². The van der Waals surface area contributed by atoms with Crippen molar-refractivity contribution in [3.8, 4) is 0 Å². The minimum Gasteiger partial charge on any atom is -0.381 e. The first-order chi connectivity index (χ1) is 8.72. The Morgan fingerprint density at radius 2 is 2.00 bits per heavy atom. The number of carbonyl (C=O) groups is 1. The van der Waals surface area contributed by atoms with Gasteiger partial charge in [0.2, 0.25) is 5.91 Å². The van der Waals surface area contributed by atoms with Gasteiger partial charge in [0.05, 0.1) is 17.1 Å². The molecule has 18 heavy (non-hydrogen) atoms. The molecular formula is C12H13N5O. The molecule has 2 aromatic rings. The molecule has 1 aliphatic heterocycles. The van der Waals surface area contributed by atoms with E-state index in [1.807, 2.05) is 24.3 Å². The van der Waals surface area contributed by atoms with E-state index in [1.54, 1.807) is 0 Å². The molecule has 1 aromatic carbocycles. The number of nitrogens with zero attached hydrogens (tertiary/aromatic N) is 2. The molecule has 0 bridgehead atoms. The van der Waals surface area contributed by atoms with E-state index in [0.29, 0.717) is 24.6 Å². The van der Waals surface area contributed by atoms with Gasteiger partial charge in [-0.05, 0) is 12.1 Å². The summed E-state index contributed by atoms with van der Waals surface area (Å²) in [7, 11) is 0. The number of nitrogens with two attached hydrogens (primary N) is 1. The van der Waals surface area contributed by atoms with Gasteiger partial charge >= 0.3 is 0 Å². The second-order valence-corrected chi connectivity index (χ2v) is 4.30. The average molecular weight is 243 g/mol. The number of nitrogens with one attached hydrogen (secondary N) is 2. The summed E-state index contributed by atoms with van der Waals surface area (Å²) in [6.45, 7) is 0.590. The first kappa shape index (κ1) is 10.8. The summed E-state index contributed by atoms with van der Waals surface area (Å²) < 4.78 is 0. The monoisotopic (exact) mass is 243 g/mol. The molecule has 1 aromatic heterocycles. The number of hydrogen-bond donors (Lipinski definition) is 3. The second kappa shape index (κ2) is 4.14. The van der Waals surface area contributed by atoms with Crippen LogP contribution in [0.4, 0.5) is 11.6 Å². The lowest BCUT2D eigenvalue weighted by Crippen LogP contribution is -2.23. The van der Waals surface area contributed by atoms with Gasteiger partial charge in [0, 0.05) is 13.0 Å². The van der Waals surface area contributed by atoms with Crippen molar-refractivity contribution in [2.24, 2.45) is 0 Å². The largest absolute Gasteiger partial charge is 0.381 e. The van der Waals surface area contributed by atoms with E-state index in [2.05, 4.69) is 20.6 Å². The molecule has 6 nitrogen and oxygen atoms in total. The van der Waals surface area contributed by atoms with Crippen LogP contribution in [0.1, 0.15) is 6.42 Å². The third-order valence-corrected chi connectivity index (χ3v) is 2.92. The van der Waals surface area contributed by atoms with Gasteiger partial charge in [-0.25, -0.2) is 9.97 Å². The number of rotatable bonds is 2. The molecule has 0 aliphatic carbocycles. The van der Waals surface area contributed by atoms with Crippen LogP contribution in [0.5, 0.6) is 0 Å². The molecule has 1 atom stereocenters. The van der Waals surface area contributed by atoms with Crippen molar-refractivity contribution >= 4 is 28.6 Å². The molecule has 1 amide bonds. The quantitative estimate of drug-likeness (QED) is 0.714. The number of fused-ring (bicyclic) bond motifs is 1. The standard InChI is InChI=1S/C12H13N5O/c13-11-12(15-7-5-10(18)14-6-7)17-9-4-2-1-3-8(9)16-11/h1-4,7H,5-6H2,(H2,13,16)(H,14,18)(H,15,17). The zero-order valence-corrected chi connectivity index (χ0v) is 9.68. The van der Waals surface area contributed by atoms with Gasteiger partial charge in [-0.1, -0.05) is 12.1 Å². The molecule has 1 unspecified atom stereocenters. The summed E-state index contributed by atoms with van der Waals surface area (Å²) in [4.78, 5) is 19.8. The molecule has 2 heterocycles. The maximum atomic E-state index is 11.1. The Labute approximate surface area is 104 Å². The minimum absolute atomic E-state index is 0.0234. The second-order valence-electron chi connectivity index (χ2n) is 4.30. The number of carbonyl (C=O) groups excluding carboxylic acids is 1. The Kier molecular flexibility index (Phi) is 2.47. The molecule has 0 saturated carbocycles. The van der Waals surface area contributed by atoms with Gasteiger partial charge in [0.25, 0.3) is 0 Å². The van der Waals surface area contributed by atoms with Crippen molar-refractivity contribution in [1.82, 2.24) is 15.3 Å². The average Bonchev–Trinajstić information content (AvgIpc) is 2.76. The highest BCUT2D eigenvalue weighted by molar-refractivity contribution is 5.81. The fourth-order valence-corrected chi connectivity index (χ4v) is 2.02. The van der Waals surface area contributed by atoms with E-state index in [4.69, 9.17) is 5.73 Å². The summed E-state index contributed by atoms with van der Waals surface area (Å²) in [6, 6.07) is 7.56. The van der Waals surface area contributed by atoms with E-state index in [9.17, 15) is 4.79 Å². The predicted octanol–water partition coefficient (Wildman–Crippen LogP) is 0.512. The molecule has 0 spiro atoms. The zero-order valence-electron chi connectivity index (χ0n) is 9.68. The molecule has 3 rings (SSSR count). The zero-order chi connectivity index (χ0) is 12.5. The van der Waals surface area contributed by atoms with Crippen molar-refractivity contribution < 1.29 is 4.79 Å². The van der Waals surface area contributed by atoms with E-state index < -0.39 is 0 Å². The van der Waals surface area contributed by atoms with Crippen LogP contribution >= 0.6 is 0 Å². The Morgan fingerprint density at radius 3 is 2.67 bits per heavy atom. The fraction of sp³-hybridized carbons (Fsp3) is 0.250. The van der Waals surface area contributed by atoms with Crippen molar-refractivity contribution in [3.63, 3.8) is 0 Å². The first-order valence-corrected chi connectivity index (χ1v) is 5.78. The number of amides is 1. The number of anilines is 2. The topological polar surface area (TPSA) is 92.9 Å².